The lowest BCUT2D eigenvalue weighted by atomic mass is 10.1. The third-order valence-corrected chi connectivity index (χ3v) is 4.67. The van der Waals surface area contributed by atoms with Crippen molar-refractivity contribution in [3.63, 3.8) is 0 Å². The zero-order valence-corrected chi connectivity index (χ0v) is 14.9. The molecule has 26 heavy (non-hydrogen) atoms. The fourth-order valence-electron chi connectivity index (χ4n) is 3.02. The summed E-state index contributed by atoms with van der Waals surface area (Å²) in [5.74, 6) is -0.371. The second-order valence-electron chi connectivity index (χ2n) is 5.86. The molecule has 1 N–H and O–H groups in total. The first-order chi connectivity index (χ1) is 12.5. The van der Waals surface area contributed by atoms with Crippen LogP contribution in [0, 0.1) is 10.1 Å². The van der Waals surface area contributed by atoms with Gasteiger partial charge in [0.05, 0.1) is 22.8 Å². The molecule has 0 aliphatic carbocycles. The van der Waals surface area contributed by atoms with Gasteiger partial charge in [-0.25, -0.2) is 0 Å². The number of ether oxygens (including phenoxy) is 1. The highest BCUT2D eigenvalue weighted by Crippen LogP contribution is 2.33. The van der Waals surface area contributed by atoms with Crippen molar-refractivity contribution >= 4 is 28.9 Å². The van der Waals surface area contributed by atoms with Gasteiger partial charge in [0.2, 0.25) is 0 Å². The monoisotopic (exact) mass is 375 g/mol. The zero-order valence-electron chi connectivity index (χ0n) is 14.1. The summed E-state index contributed by atoms with van der Waals surface area (Å²) >= 11 is 6.27. The average molecular weight is 376 g/mol. The largest absolute Gasteiger partial charge is 0.370 e. The van der Waals surface area contributed by atoms with E-state index in [1.165, 1.54) is 19.2 Å². The van der Waals surface area contributed by atoms with E-state index < -0.39 is 4.92 Å². The summed E-state index contributed by atoms with van der Waals surface area (Å²) in [5.41, 5.74) is 1.65. The van der Waals surface area contributed by atoms with Crippen molar-refractivity contribution in [3.05, 3.63) is 68.7 Å². The van der Waals surface area contributed by atoms with Crippen molar-refractivity contribution in [1.29, 1.82) is 0 Å². The molecule has 0 bridgehead atoms. The van der Waals surface area contributed by atoms with Crippen molar-refractivity contribution < 1.29 is 14.5 Å². The van der Waals surface area contributed by atoms with E-state index in [1.54, 1.807) is 12.1 Å². The van der Waals surface area contributed by atoms with Gasteiger partial charge < -0.3 is 15.0 Å². The van der Waals surface area contributed by atoms with Gasteiger partial charge in [0.15, 0.2) is 0 Å². The fourth-order valence-corrected chi connectivity index (χ4v) is 3.28. The quantitative estimate of drug-likeness (QED) is 0.655. The number of carbonyl (C=O) groups is 1. The Hall–Kier alpha value is -2.64. The van der Waals surface area contributed by atoms with E-state index in [1.807, 2.05) is 23.1 Å². The molecule has 2 aromatic rings. The first-order valence-electron chi connectivity index (χ1n) is 8.12. The fraction of sp³-hybridized carbons (Fsp3) is 0.278. The van der Waals surface area contributed by atoms with E-state index in [0.717, 1.165) is 5.56 Å². The summed E-state index contributed by atoms with van der Waals surface area (Å²) in [5, 5.41) is 14.2. The normalized spacial score (nSPS) is 17.0. The van der Waals surface area contributed by atoms with Gasteiger partial charge >= 0.3 is 0 Å². The standard InChI is InChI=1S/C18H18ClN3O4/c1-20-18(23)14-10-12(22(24)25)6-7-16(14)21-8-9-26-17(11-21)13-4-2-3-5-15(13)19/h2-7,10,17H,8-9,11H2,1H3,(H,20,23). The maximum atomic E-state index is 12.2. The molecular formula is C18H18ClN3O4. The first-order valence-corrected chi connectivity index (χ1v) is 8.50. The maximum absolute atomic E-state index is 12.2. The van der Waals surface area contributed by atoms with Crippen LogP contribution in [0.25, 0.3) is 0 Å². The number of hydrogen-bond donors (Lipinski definition) is 1. The smallest absolute Gasteiger partial charge is 0.270 e. The van der Waals surface area contributed by atoms with Crippen molar-refractivity contribution in [2.24, 2.45) is 0 Å². The number of hydrogen-bond acceptors (Lipinski definition) is 5. The molecule has 0 spiro atoms. The molecule has 1 aliphatic rings. The second kappa shape index (κ2) is 7.72. The molecule has 3 rings (SSSR count). The lowest BCUT2D eigenvalue weighted by Gasteiger charge is -2.35. The average Bonchev–Trinajstić information content (AvgIpc) is 2.67. The number of carbonyl (C=O) groups excluding carboxylic acids is 1. The molecule has 0 radical (unpaired) electrons. The summed E-state index contributed by atoms with van der Waals surface area (Å²) in [6, 6.07) is 11.8. The van der Waals surface area contributed by atoms with E-state index in [-0.39, 0.29) is 23.3 Å². The van der Waals surface area contributed by atoms with Crippen molar-refractivity contribution in [2.45, 2.75) is 6.10 Å². The van der Waals surface area contributed by atoms with Gasteiger partial charge in [0, 0.05) is 42.9 Å². The third-order valence-electron chi connectivity index (χ3n) is 4.32. The molecule has 1 unspecified atom stereocenters. The molecule has 7 nitrogen and oxygen atoms in total. The molecule has 1 amide bonds. The predicted molar refractivity (Wildman–Crippen MR) is 98.8 cm³/mol. The Bertz CT molecular complexity index is 843. The van der Waals surface area contributed by atoms with Gasteiger partial charge in [-0.15, -0.1) is 0 Å². The summed E-state index contributed by atoms with van der Waals surface area (Å²) in [4.78, 5) is 24.8. The topological polar surface area (TPSA) is 84.7 Å². The zero-order chi connectivity index (χ0) is 18.7. The number of rotatable bonds is 4. The lowest BCUT2D eigenvalue weighted by molar-refractivity contribution is -0.384. The SMILES string of the molecule is CNC(=O)c1cc([N+](=O)[O-])ccc1N1CCOC(c2ccccc2Cl)C1. The van der Waals surface area contributed by atoms with Gasteiger partial charge in [-0.1, -0.05) is 29.8 Å². The van der Waals surface area contributed by atoms with Crippen LogP contribution in [0.2, 0.25) is 5.02 Å². The van der Waals surface area contributed by atoms with Crippen LogP contribution >= 0.6 is 11.6 Å². The number of amides is 1. The number of nitro groups is 1. The Kier molecular flexibility index (Phi) is 5.39. The van der Waals surface area contributed by atoms with Crippen LogP contribution in [0.5, 0.6) is 0 Å². The molecule has 1 heterocycles. The van der Waals surface area contributed by atoms with E-state index in [2.05, 4.69) is 5.32 Å². The summed E-state index contributed by atoms with van der Waals surface area (Å²) in [7, 11) is 1.50. The molecule has 136 valence electrons. The number of nitrogens with zero attached hydrogens (tertiary/aromatic N) is 2. The molecule has 8 heteroatoms. The highest BCUT2D eigenvalue weighted by atomic mass is 35.5. The second-order valence-corrected chi connectivity index (χ2v) is 6.27. The first kappa shape index (κ1) is 18.2. The number of nitrogens with one attached hydrogen (secondary N) is 1. The van der Waals surface area contributed by atoms with Gasteiger partial charge in [-0.2, -0.15) is 0 Å². The molecule has 2 aromatic carbocycles. The maximum Gasteiger partial charge on any atom is 0.270 e. The number of morpholine rings is 1. The van der Waals surface area contributed by atoms with Crippen LogP contribution in [0.3, 0.4) is 0 Å². The molecular weight excluding hydrogens is 358 g/mol. The Balaban J connectivity index is 1.94. The Morgan fingerprint density at radius 1 is 1.35 bits per heavy atom. The van der Waals surface area contributed by atoms with Gasteiger partial charge in [-0.3, -0.25) is 14.9 Å². The molecule has 0 aromatic heterocycles. The highest BCUT2D eigenvalue weighted by Gasteiger charge is 2.27. The molecule has 1 atom stereocenters. The van der Waals surface area contributed by atoms with Crippen LogP contribution in [-0.4, -0.2) is 37.6 Å². The van der Waals surface area contributed by atoms with Crippen LogP contribution in [0.15, 0.2) is 42.5 Å². The van der Waals surface area contributed by atoms with E-state index in [9.17, 15) is 14.9 Å². The number of benzene rings is 2. The van der Waals surface area contributed by atoms with Gasteiger partial charge in [-0.05, 0) is 12.1 Å². The van der Waals surface area contributed by atoms with Crippen LogP contribution in [-0.2, 0) is 4.74 Å². The number of anilines is 1. The minimum Gasteiger partial charge on any atom is -0.370 e. The van der Waals surface area contributed by atoms with E-state index in [0.29, 0.717) is 30.4 Å². The molecule has 1 aliphatic heterocycles. The van der Waals surface area contributed by atoms with Crippen LogP contribution < -0.4 is 10.2 Å². The van der Waals surface area contributed by atoms with Gasteiger partial charge in [0.1, 0.15) is 6.10 Å². The number of nitro benzene ring substituents is 1. The summed E-state index contributed by atoms with van der Waals surface area (Å²) in [6.45, 7) is 1.52. The summed E-state index contributed by atoms with van der Waals surface area (Å²) in [6.07, 6.45) is -0.245. The number of halogens is 1. The predicted octanol–water partition coefficient (Wildman–Crippen LogP) is 3.19. The summed E-state index contributed by atoms with van der Waals surface area (Å²) < 4.78 is 5.85. The third kappa shape index (κ3) is 3.63. The minimum atomic E-state index is -0.512. The Labute approximate surface area is 155 Å². The minimum absolute atomic E-state index is 0.122. The van der Waals surface area contributed by atoms with Crippen molar-refractivity contribution in [1.82, 2.24) is 5.32 Å². The van der Waals surface area contributed by atoms with Gasteiger partial charge in [0.25, 0.3) is 11.6 Å². The highest BCUT2D eigenvalue weighted by molar-refractivity contribution is 6.31. The van der Waals surface area contributed by atoms with Crippen LogP contribution in [0.4, 0.5) is 11.4 Å². The Morgan fingerprint density at radius 3 is 2.81 bits per heavy atom. The molecule has 1 fully saturated rings. The Morgan fingerprint density at radius 2 is 2.12 bits per heavy atom. The van der Waals surface area contributed by atoms with E-state index >= 15 is 0 Å². The molecule has 1 saturated heterocycles. The van der Waals surface area contributed by atoms with Crippen molar-refractivity contribution in [2.75, 3.05) is 31.6 Å². The molecule has 0 saturated carbocycles. The van der Waals surface area contributed by atoms with Crippen molar-refractivity contribution in [3.8, 4) is 0 Å². The van der Waals surface area contributed by atoms with E-state index in [4.69, 9.17) is 16.3 Å². The van der Waals surface area contributed by atoms with Crippen LogP contribution in [0.1, 0.15) is 22.0 Å². The number of non-ortho nitro benzene ring substituents is 1. The lowest BCUT2D eigenvalue weighted by Crippen LogP contribution is -2.39.